The number of aliphatic hydroxyl groups is 11. The number of hydrogen-bond donors (Lipinski definition) is 12. The minimum absolute atomic E-state index is 0.251. The van der Waals surface area contributed by atoms with E-state index >= 15 is 0 Å². The van der Waals surface area contributed by atoms with Crippen LogP contribution in [0.3, 0.4) is 0 Å². The fraction of sp³-hybridized carbons (Fsp3) is 0.911. The van der Waals surface area contributed by atoms with Gasteiger partial charge >= 0.3 is 0 Å². The Balaban J connectivity index is 1.51. The van der Waals surface area contributed by atoms with E-state index in [1.54, 1.807) is 0 Å². The van der Waals surface area contributed by atoms with Crippen molar-refractivity contribution >= 4 is 5.91 Å². The summed E-state index contributed by atoms with van der Waals surface area (Å²) in [5.41, 5.74) is 0. The van der Waals surface area contributed by atoms with Crippen molar-refractivity contribution in [1.29, 1.82) is 0 Å². The highest BCUT2D eigenvalue weighted by Crippen LogP contribution is 2.33. The standard InChI is InChI=1S/C56H103NO18/c1-3-5-7-9-11-13-15-17-18-19-20-22-23-25-27-29-31-33-40(61)39(57-44(62)34-32-30-28-26-24-21-16-14-12-10-8-6-4-2)38-70-54-50(68)47(65)52(42(36-59)72-54)75-56-51(69)48(66)53(43(37-60)73-56)74-55-49(67)46(64)45(63)41(35-58)71-55/h8,10,14,16,39-43,45-56,58-61,63-69H,3-7,9,11-13,15,17-38H2,1-2H3,(H,57,62)/b10-8-,16-14-. The summed E-state index contributed by atoms with van der Waals surface area (Å²) in [6.45, 7) is 1.70. The van der Waals surface area contributed by atoms with Crippen LogP contribution in [0.4, 0.5) is 0 Å². The van der Waals surface area contributed by atoms with Crippen molar-refractivity contribution in [2.45, 2.75) is 298 Å². The van der Waals surface area contributed by atoms with Gasteiger partial charge in [0.2, 0.25) is 5.91 Å². The van der Waals surface area contributed by atoms with Crippen LogP contribution in [0, 0.1) is 0 Å². The van der Waals surface area contributed by atoms with Crippen LogP contribution in [-0.4, -0.2) is 193 Å². The van der Waals surface area contributed by atoms with Gasteiger partial charge in [-0.15, -0.1) is 0 Å². The minimum Gasteiger partial charge on any atom is -0.394 e. The Labute approximate surface area is 448 Å². The molecule has 3 heterocycles. The summed E-state index contributed by atoms with van der Waals surface area (Å²) < 4.78 is 34.3. The van der Waals surface area contributed by atoms with Gasteiger partial charge in [-0.25, -0.2) is 0 Å². The third-order valence-electron chi connectivity index (χ3n) is 14.8. The van der Waals surface area contributed by atoms with Crippen LogP contribution in [0.1, 0.15) is 194 Å². The molecule has 0 aromatic heterocycles. The molecular weight excluding hydrogens is 975 g/mol. The number of unbranched alkanes of at least 4 members (excludes halogenated alkanes) is 22. The quantitative estimate of drug-likeness (QED) is 0.0298. The first kappa shape index (κ1) is 67.5. The predicted octanol–water partition coefficient (Wildman–Crippen LogP) is 4.37. The number of carbonyl (C=O) groups excluding carboxylic acids is 1. The van der Waals surface area contributed by atoms with Gasteiger partial charge < -0.3 is 89.9 Å². The molecule has 0 radical (unpaired) electrons. The average Bonchev–Trinajstić information content (AvgIpc) is 3.41. The van der Waals surface area contributed by atoms with E-state index in [2.05, 4.69) is 43.5 Å². The first-order chi connectivity index (χ1) is 36.3. The summed E-state index contributed by atoms with van der Waals surface area (Å²) in [5, 5.41) is 120. The predicted molar refractivity (Wildman–Crippen MR) is 282 cm³/mol. The van der Waals surface area contributed by atoms with E-state index in [-0.39, 0.29) is 18.9 Å². The smallest absolute Gasteiger partial charge is 0.220 e. The first-order valence-electron chi connectivity index (χ1n) is 29.1. The highest BCUT2D eigenvalue weighted by Gasteiger charge is 2.53. The van der Waals surface area contributed by atoms with E-state index in [0.29, 0.717) is 12.8 Å². The van der Waals surface area contributed by atoms with Gasteiger partial charge in [0.05, 0.1) is 38.6 Å². The van der Waals surface area contributed by atoms with Crippen LogP contribution in [0.5, 0.6) is 0 Å². The summed E-state index contributed by atoms with van der Waals surface area (Å²) in [6, 6.07) is -0.891. The molecule has 1 amide bonds. The molecule has 19 heteroatoms. The Morgan fingerprint density at radius 1 is 0.480 bits per heavy atom. The molecule has 3 saturated heterocycles. The second-order valence-corrected chi connectivity index (χ2v) is 21.1. The van der Waals surface area contributed by atoms with Gasteiger partial charge in [-0.1, -0.05) is 173 Å². The van der Waals surface area contributed by atoms with Crippen molar-refractivity contribution in [2.24, 2.45) is 0 Å². The van der Waals surface area contributed by atoms with Gasteiger partial charge in [-0.3, -0.25) is 4.79 Å². The number of carbonyl (C=O) groups is 1. The molecule has 12 N–H and O–H groups in total. The van der Waals surface area contributed by atoms with Crippen LogP contribution < -0.4 is 5.32 Å². The topological polar surface area (TPSA) is 307 Å². The number of allylic oxidation sites excluding steroid dienone is 4. The Bertz CT molecular complexity index is 1480. The van der Waals surface area contributed by atoms with Crippen molar-refractivity contribution in [3.05, 3.63) is 24.3 Å². The van der Waals surface area contributed by atoms with Crippen molar-refractivity contribution < 1.29 is 89.4 Å². The maximum Gasteiger partial charge on any atom is 0.220 e. The van der Waals surface area contributed by atoms with E-state index < -0.39 is 124 Å². The van der Waals surface area contributed by atoms with Crippen molar-refractivity contribution in [2.75, 3.05) is 26.4 Å². The second-order valence-electron chi connectivity index (χ2n) is 21.1. The van der Waals surface area contributed by atoms with E-state index in [1.807, 2.05) is 0 Å². The molecule has 3 aliphatic rings. The van der Waals surface area contributed by atoms with Crippen LogP contribution in [0.25, 0.3) is 0 Å². The summed E-state index contributed by atoms with van der Waals surface area (Å²) in [4.78, 5) is 13.3. The molecule has 0 aromatic carbocycles. The van der Waals surface area contributed by atoms with Crippen LogP contribution >= 0.6 is 0 Å². The molecule has 17 atom stereocenters. The Kier molecular flexibility index (Phi) is 36.4. The van der Waals surface area contributed by atoms with Crippen molar-refractivity contribution in [3.63, 3.8) is 0 Å². The van der Waals surface area contributed by atoms with E-state index in [4.69, 9.17) is 28.4 Å². The molecule has 0 saturated carbocycles. The van der Waals surface area contributed by atoms with Crippen LogP contribution in [-0.2, 0) is 33.2 Å². The lowest BCUT2D eigenvalue weighted by Gasteiger charge is -2.48. The summed E-state index contributed by atoms with van der Waals surface area (Å²) in [5.74, 6) is -0.258. The van der Waals surface area contributed by atoms with Gasteiger partial charge in [-0.05, 0) is 38.5 Å². The lowest BCUT2D eigenvalue weighted by molar-refractivity contribution is -0.379. The number of rotatable bonds is 42. The SMILES string of the molecule is CCC/C=C\C/C=C\CCCCCCCC(=O)NC(COC1OC(CO)C(OC2OC(CO)C(OC3OC(CO)C(O)C(O)C3O)C(O)C2O)C(O)C1O)C(O)CCCCCCCCCCCCCCCCCCC. The van der Waals surface area contributed by atoms with Gasteiger partial charge in [0.25, 0.3) is 0 Å². The maximum absolute atomic E-state index is 13.3. The van der Waals surface area contributed by atoms with Gasteiger partial charge in [0, 0.05) is 6.42 Å². The average molecular weight is 1080 g/mol. The second kappa shape index (κ2) is 40.4. The molecule has 3 rings (SSSR count). The number of aliphatic hydroxyl groups excluding tert-OH is 11. The zero-order valence-electron chi connectivity index (χ0n) is 45.5. The molecule has 19 nitrogen and oxygen atoms in total. The summed E-state index contributed by atoms with van der Waals surface area (Å²) in [7, 11) is 0. The lowest BCUT2D eigenvalue weighted by atomic mass is 9.96. The minimum atomic E-state index is -1.97. The summed E-state index contributed by atoms with van der Waals surface area (Å²) in [6.07, 6.45) is 12.7. The van der Waals surface area contributed by atoms with Crippen molar-refractivity contribution in [3.8, 4) is 0 Å². The van der Waals surface area contributed by atoms with Gasteiger partial charge in [-0.2, -0.15) is 0 Å². The number of amides is 1. The summed E-state index contributed by atoms with van der Waals surface area (Å²) >= 11 is 0. The third kappa shape index (κ3) is 25.1. The van der Waals surface area contributed by atoms with Crippen molar-refractivity contribution in [1.82, 2.24) is 5.32 Å². The molecule has 3 aliphatic heterocycles. The lowest BCUT2D eigenvalue weighted by Crippen LogP contribution is -2.66. The van der Waals surface area contributed by atoms with E-state index in [0.717, 1.165) is 77.0 Å². The Hall–Kier alpha value is -1.73. The van der Waals surface area contributed by atoms with E-state index in [9.17, 15) is 61.0 Å². The highest BCUT2D eigenvalue weighted by atomic mass is 16.8. The van der Waals surface area contributed by atoms with Crippen LogP contribution in [0.15, 0.2) is 24.3 Å². The molecule has 17 unspecified atom stereocenters. The fourth-order valence-corrected chi connectivity index (χ4v) is 9.94. The number of ether oxygens (including phenoxy) is 6. The first-order valence-corrected chi connectivity index (χ1v) is 29.1. The molecule has 440 valence electrons. The molecule has 0 spiro atoms. The van der Waals surface area contributed by atoms with Gasteiger partial charge in [0.15, 0.2) is 18.9 Å². The van der Waals surface area contributed by atoms with Gasteiger partial charge in [0.1, 0.15) is 73.2 Å². The zero-order chi connectivity index (χ0) is 54.8. The third-order valence-corrected chi connectivity index (χ3v) is 14.8. The number of nitrogens with one attached hydrogen (secondary N) is 1. The fourth-order valence-electron chi connectivity index (χ4n) is 9.94. The Morgan fingerprint density at radius 2 is 0.907 bits per heavy atom. The van der Waals surface area contributed by atoms with E-state index in [1.165, 1.54) is 83.5 Å². The number of hydrogen-bond acceptors (Lipinski definition) is 18. The molecule has 75 heavy (non-hydrogen) atoms. The normalized spacial score (nSPS) is 31.3. The molecule has 3 fully saturated rings. The molecule has 0 aliphatic carbocycles. The molecular formula is C56H103NO18. The monoisotopic (exact) mass is 1080 g/mol. The molecule has 0 aromatic rings. The Morgan fingerprint density at radius 3 is 1.41 bits per heavy atom. The maximum atomic E-state index is 13.3. The largest absolute Gasteiger partial charge is 0.394 e. The highest BCUT2D eigenvalue weighted by molar-refractivity contribution is 5.76. The zero-order valence-corrected chi connectivity index (χ0v) is 45.5. The van der Waals surface area contributed by atoms with Crippen LogP contribution in [0.2, 0.25) is 0 Å². The molecule has 0 bridgehead atoms.